The number of benzene rings is 2. The molecule has 0 spiro atoms. The maximum atomic E-state index is 15.2. The van der Waals surface area contributed by atoms with Gasteiger partial charge in [-0.3, -0.25) is 0 Å². The Morgan fingerprint density at radius 2 is 1.66 bits per heavy atom. The second-order valence-corrected chi connectivity index (χ2v) is 12.7. The van der Waals surface area contributed by atoms with Gasteiger partial charge in [-0.25, -0.2) is 30.3 Å². The van der Waals surface area contributed by atoms with Crippen molar-refractivity contribution in [3.05, 3.63) is 58.6 Å². The first-order valence-corrected chi connectivity index (χ1v) is 13.8. The van der Waals surface area contributed by atoms with Gasteiger partial charge in [-0.15, -0.1) is 0 Å². The van der Waals surface area contributed by atoms with Crippen molar-refractivity contribution in [3.63, 3.8) is 0 Å². The number of sulfonamides is 1. The van der Waals surface area contributed by atoms with Gasteiger partial charge in [0.25, 0.3) is 0 Å². The maximum absolute atomic E-state index is 15.2. The Hall–Kier alpha value is -1.75. The molecule has 2 aromatic rings. The Morgan fingerprint density at radius 3 is 2.31 bits per heavy atom. The Bertz CT molecular complexity index is 1250. The lowest BCUT2D eigenvalue weighted by Gasteiger charge is -2.43. The largest absolute Gasteiger partial charge is 0.490 e. The standard InChI is InChI=1S/C21H22ClF2NO5S2/c1-31(26,27)25-15-5-2-13-12-30-20-18(24)9-8-17(23)19(20)21(13,11-10-15)32(28,29)16-6-3-14(22)4-7-16/h3-4,6-9,13,15,25H,2,5,10-12H2,1H3/t13?,15-,21-/m1/s1. The molecule has 1 fully saturated rings. The summed E-state index contributed by atoms with van der Waals surface area (Å²) in [6.07, 6.45) is 1.64. The van der Waals surface area contributed by atoms with Crippen molar-refractivity contribution in [3.8, 4) is 5.75 Å². The molecule has 1 saturated carbocycles. The molecule has 1 aliphatic carbocycles. The molecule has 2 aliphatic rings. The lowest BCUT2D eigenvalue weighted by molar-refractivity contribution is 0.153. The number of ether oxygens (including phenoxy) is 1. The Morgan fingerprint density at radius 1 is 1.00 bits per heavy atom. The summed E-state index contributed by atoms with van der Waals surface area (Å²) in [5, 5.41) is 0.334. The molecular weight excluding hydrogens is 484 g/mol. The van der Waals surface area contributed by atoms with Crippen LogP contribution in [0.15, 0.2) is 41.3 Å². The highest BCUT2D eigenvalue weighted by Gasteiger charge is 2.58. The summed E-state index contributed by atoms with van der Waals surface area (Å²) in [7, 11) is -7.81. The predicted molar refractivity (Wildman–Crippen MR) is 116 cm³/mol. The van der Waals surface area contributed by atoms with Gasteiger partial charge in [0.2, 0.25) is 10.0 Å². The summed E-state index contributed by atoms with van der Waals surface area (Å²) in [5.41, 5.74) is -0.330. The van der Waals surface area contributed by atoms with Gasteiger partial charge in [-0.2, -0.15) is 0 Å². The topological polar surface area (TPSA) is 89.5 Å². The monoisotopic (exact) mass is 505 g/mol. The number of halogens is 3. The van der Waals surface area contributed by atoms with Gasteiger partial charge in [-0.05, 0) is 62.1 Å². The highest BCUT2D eigenvalue weighted by molar-refractivity contribution is 7.92. The summed E-state index contributed by atoms with van der Waals surface area (Å²) < 4.78 is 87.8. The van der Waals surface area contributed by atoms with E-state index in [9.17, 15) is 21.2 Å². The molecule has 0 radical (unpaired) electrons. The SMILES string of the molecule is CS(=O)(=O)N[C@@H]1CCC2COc3c(F)ccc(F)c3[C@@]2(S(=O)(=O)c2ccc(Cl)cc2)CC1. The smallest absolute Gasteiger partial charge is 0.208 e. The molecule has 4 rings (SSSR count). The molecular formula is C21H22ClF2NO5S2. The molecule has 0 amide bonds. The van der Waals surface area contributed by atoms with Crippen molar-refractivity contribution in [2.75, 3.05) is 12.9 Å². The van der Waals surface area contributed by atoms with Crippen molar-refractivity contribution in [1.82, 2.24) is 4.72 Å². The van der Waals surface area contributed by atoms with E-state index >= 15 is 4.39 Å². The maximum Gasteiger partial charge on any atom is 0.208 e. The van der Waals surface area contributed by atoms with Crippen LogP contribution < -0.4 is 9.46 Å². The summed E-state index contributed by atoms with van der Waals surface area (Å²) in [5.74, 6) is -2.84. The zero-order valence-electron chi connectivity index (χ0n) is 17.1. The Balaban J connectivity index is 1.94. The Labute approximate surface area is 190 Å². The number of rotatable bonds is 4. The summed E-state index contributed by atoms with van der Waals surface area (Å²) in [6.45, 7) is -0.133. The molecule has 11 heteroatoms. The summed E-state index contributed by atoms with van der Waals surface area (Å²) in [4.78, 5) is -0.0714. The van der Waals surface area contributed by atoms with E-state index in [1.807, 2.05) is 0 Å². The highest BCUT2D eigenvalue weighted by atomic mass is 35.5. The first-order chi connectivity index (χ1) is 15.0. The average Bonchev–Trinajstić information content (AvgIpc) is 2.90. The zero-order valence-corrected chi connectivity index (χ0v) is 19.5. The van der Waals surface area contributed by atoms with Crippen molar-refractivity contribution in [2.45, 2.75) is 41.4 Å². The van der Waals surface area contributed by atoms with Crippen LogP contribution in [-0.2, 0) is 24.6 Å². The number of nitrogens with one attached hydrogen (secondary N) is 1. The second kappa shape index (κ2) is 8.23. The molecule has 1 aliphatic heterocycles. The van der Waals surface area contributed by atoms with Gasteiger partial charge in [0, 0.05) is 17.0 Å². The van der Waals surface area contributed by atoms with E-state index in [0.717, 1.165) is 18.4 Å². The third kappa shape index (κ3) is 3.91. The Kier molecular flexibility index (Phi) is 6.02. The second-order valence-electron chi connectivity index (χ2n) is 8.29. The molecule has 3 atom stereocenters. The molecule has 0 bridgehead atoms. The molecule has 1 heterocycles. The van der Waals surface area contributed by atoms with Crippen molar-refractivity contribution >= 4 is 31.5 Å². The first-order valence-electron chi connectivity index (χ1n) is 10.0. The van der Waals surface area contributed by atoms with Crippen LogP contribution in [0.1, 0.15) is 31.2 Å². The molecule has 1 N–H and O–H groups in total. The van der Waals surface area contributed by atoms with E-state index in [1.54, 1.807) is 0 Å². The fourth-order valence-electron chi connectivity index (χ4n) is 4.91. The first kappa shape index (κ1) is 23.4. The van der Waals surface area contributed by atoms with Crippen LogP contribution in [0, 0.1) is 17.6 Å². The van der Waals surface area contributed by atoms with Crippen LogP contribution in [0.4, 0.5) is 8.78 Å². The number of hydrogen-bond acceptors (Lipinski definition) is 5. The van der Waals surface area contributed by atoms with Gasteiger partial charge >= 0.3 is 0 Å². The number of hydrogen-bond donors (Lipinski definition) is 1. The van der Waals surface area contributed by atoms with Crippen LogP contribution >= 0.6 is 11.6 Å². The molecule has 32 heavy (non-hydrogen) atoms. The fraction of sp³-hybridized carbons (Fsp3) is 0.429. The average molecular weight is 506 g/mol. The molecule has 1 unspecified atom stereocenters. The van der Waals surface area contributed by atoms with Gasteiger partial charge < -0.3 is 4.74 Å². The van der Waals surface area contributed by atoms with Crippen LogP contribution in [0.5, 0.6) is 5.75 Å². The van der Waals surface area contributed by atoms with Crippen LogP contribution in [0.3, 0.4) is 0 Å². The molecule has 0 aromatic heterocycles. The van der Waals surface area contributed by atoms with E-state index < -0.39 is 54.0 Å². The van der Waals surface area contributed by atoms with Crippen LogP contribution in [-0.4, -0.2) is 35.7 Å². The van der Waals surface area contributed by atoms with E-state index in [-0.39, 0.29) is 36.3 Å². The minimum absolute atomic E-state index is 0.0714. The van der Waals surface area contributed by atoms with Gasteiger partial charge in [0.15, 0.2) is 21.4 Å². The van der Waals surface area contributed by atoms with E-state index in [4.69, 9.17) is 16.3 Å². The van der Waals surface area contributed by atoms with Gasteiger partial charge in [0.1, 0.15) is 10.6 Å². The molecule has 0 saturated heterocycles. The highest BCUT2D eigenvalue weighted by Crippen LogP contribution is 2.55. The fourth-order valence-corrected chi connectivity index (χ4v) is 8.26. The predicted octanol–water partition coefficient (Wildman–Crippen LogP) is 3.79. The normalized spacial score (nSPS) is 25.9. The van der Waals surface area contributed by atoms with Crippen molar-refractivity contribution < 1.29 is 30.4 Å². The quantitative estimate of drug-likeness (QED) is 0.683. The van der Waals surface area contributed by atoms with Gasteiger partial charge in [-0.1, -0.05) is 11.6 Å². The van der Waals surface area contributed by atoms with Crippen LogP contribution in [0.2, 0.25) is 5.02 Å². The van der Waals surface area contributed by atoms with E-state index in [0.29, 0.717) is 11.4 Å². The third-order valence-electron chi connectivity index (χ3n) is 6.28. The van der Waals surface area contributed by atoms with Gasteiger partial charge in [0.05, 0.1) is 23.3 Å². The lowest BCUT2D eigenvalue weighted by atomic mass is 9.79. The van der Waals surface area contributed by atoms with E-state index in [1.165, 1.54) is 24.3 Å². The number of sulfone groups is 1. The van der Waals surface area contributed by atoms with Crippen LogP contribution in [0.25, 0.3) is 0 Å². The third-order valence-corrected chi connectivity index (χ3v) is 9.89. The molecule has 2 aromatic carbocycles. The van der Waals surface area contributed by atoms with E-state index in [2.05, 4.69) is 4.72 Å². The minimum atomic E-state index is -4.27. The number of fused-ring (bicyclic) bond motifs is 3. The summed E-state index contributed by atoms with van der Waals surface area (Å²) in [6, 6.07) is 6.80. The van der Waals surface area contributed by atoms with Crippen molar-refractivity contribution in [2.24, 2.45) is 5.92 Å². The summed E-state index contributed by atoms with van der Waals surface area (Å²) >= 11 is 5.93. The molecule has 6 nitrogen and oxygen atoms in total. The van der Waals surface area contributed by atoms with Crippen molar-refractivity contribution in [1.29, 1.82) is 0 Å². The molecule has 174 valence electrons. The zero-order chi connectivity index (χ0) is 23.3. The minimum Gasteiger partial charge on any atom is -0.490 e. The lowest BCUT2D eigenvalue weighted by Crippen LogP contribution is -2.48.